The van der Waals surface area contributed by atoms with Crippen LogP contribution in [0.5, 0.6) is 0 Å². The van der Waals surface area contributed by atoms with Gasteiger partial charge in [-0.1, -0.05) is 12.1 Å². The largest absolute Gasteiger partial charge is 0.392 e. The zero-order chi connectivity index (χ0) is 13.0. The Morgan fingerprint density at radius 2 is 1.89 bits per heavy atom. The maximum absolute atomic E-state index is 12.1. The molecular formula is C12H12N2O3S. The number of aromatic nitrogens is 1. The summed E-state index contributed by atoms with van der Waals surface area (Å²) in [6.45, 7) is -0.196. The first-order valence-electron chi connectivity index (χ1n) is 5.24. The Balaban J connectivity index is 2.31. The van der Waals surface area contributed by atoms with Crippen molar-refractivity contribution in [1.82, 2.24) is 4.98 Å². The first-order chi connectivity index (χ1) is 8.62. The van der Waals surface area contributed by atoms with E-state index >= 15 is 0 Å². The fourth-order valence-electron chi connectivity index (χ4n) is 1.45. The van der Waals surface area contributed by atoms with Gasteiger partial charge < -0.3 is 5.11 Å². The quantitative estimate of drug-likeness (QED) is 0.874. The zero-order valence-electron chi connectivity index (χ0n) is 9.45. The number of anilines is 1. The SMILES string of the molecule is O=S(=O)(Nc1ccncc1)c1cccc(CO)c1. The number of nitrogens with one attached hydrogen (secondary N) is 1. The molecule has 2 aromatic rings. The lowest BCUT2D eigenvalue weighted by atomic mass is 10.2. The number of benzene rings is 1. The van der Waals surface area contributed by atoms with Crippen molar-refractivity contribution >= 4 is 15.7 Å². The molecule has 1 aromatic heterocycles. The van der Waals surface area contributed by atoms with Crippen LogP contribution in [-0.2, 0) is 16.6 Å². The Morgan fingerprint density at radius 3 is 2.56 bits per heavy atom. The predicted octanol–water partition coefficient (Wildman–Crippen LogP) is 1.37. The normalized spacial score (nSPS) is 11.2. The van der Waals surface area contributed by atoms with Crippen molar-refractivity contribution in [2.24, 2.45) is 0 Å². The van der Waals surface area contributed by atoms with E-state index in [9.17, 15) is 8.42 Å². The number of pyridine rings is 1. The van der Waals surface area contributed by atoms with Gasteiger partial charge in [0.05, 0.1) is 17.2 Å². The summed E-state index contributed by atoms with van der Waals surface area (Å²) in [7, 11) is -3.63. The van der Waals surface area contributed by atoms with Crippen molar-refractivity contribution in [2.75, 3.05) is 4.72 Å². The van der Waals surface area contributed by atoms with Gasteiger partial charge in [0.1, 0.15) is 0 Å². The van der Waals surface area contributed by atoms with Crippen LogP contribution in [0.15, 0.2) is 53.7 Å². The fraction of sp³-hybridized carbons (Fsp3) is 0.0833. The van der Waals surface area contributed by atoms with Gasteiger partial charge in [0, 0.05) is 12.4 Å². The summed E-state index contributed by atoms with van der Waals surface area (Å²) >= 11 is 0. The zero-order valence-corrected chi connectivity index (χ0v) is 10.3. The van der Waals surface area contributed by atoms with Crippen LogP contribution in [0, 0.1) is 0 Å². The molecule has 0 aliphatic carbocycles. The highest BCUT2D eigenvalue weighted by Gasteiger charge is 2.14. The predicted molar refractivity (Wildman–Crippen MR) is 67.4 cm³/mol. The number of aliphatic hydroxyl groups is 1. The summed E-state index contributed by atoms with van der Waals surface area (Å²) in [5.41, 5.74) is 0.993. The summed E-state index contributed by atoms with van der Waals surface area (Å²) in [4.78, 5) is 3.92. The van der Waals surface area contributed by atoms with E-state index in [1.54, 1.807) is 24.3 Å². The number of sulfonamides is 1. The lowest BCUT2D eigenvalue weighted by molar-refractivity contribution is 0.281. The molecule has 2 N–H and O–H groups in total. The van der Waals surface area contributed by atoms with Crippen LogP contribution in [0.1, 0.15) is 5.56 Å². The first-order valence-corrected chi connectivity index (χ1v) is 6.73. The maximum Gasteiger partial charge on any atom is 0.261 e. The van der Waals surface area contributed by atoms with Gasteiger partial charge in [-0.3, -0.25) is 9.71 Å². The molecule has 0 radical (unpaired) electrons. The Labute approximate surface area is 105 Å². The second-order valence-corrected chi connectivity index (χ2v) is 5.33. The number of rotatable bonds is 4. The molecule has 1 heterocycles. The second kappa shape index (κ2) is 5.16. The van der Waals surface area contributed by atoms with E-state index in [-0.39, 0.29) is 11.5 Å². The Hall–Kier alpha value is -1.92. The van der Waals surface area contributed by atoms with Crippen molar-refractivity contribution in [1.29, 1.82) is 0 Å². The fourth-order valence-corrected chi connectivity index (χ4v) is 2.57. The molecule has 0 fully saturated rings. The summed E-state index contributed by atoms with van der Waals surface area (Å²) in [6.07, 6.45) is 3.00. The molecule has 0 aliphatic heterocycles. The van der Waals surface area contributed by atoms with Gasteiger partial charge in [-0.05, 0) is 29.8 Å². The molecule has 0 saturated carbocycles. The van der Waals surface area contributed by atoms with E-state index in [0.29, 0.717) is 11.3 Å². The van der Waals surface area contributed by atoms with E-state index in [0.717, 1.165) is 0 Å². The number of aliphatic hydroxyl groups excluding tert-OH is 1. The lowest BCUT2D eigenvalue weighted by Crippen LogP contribution is -2.13. The highest BCUT2D eigenvalue weighted by atomic mass is 32.2. The van der Waals surface area contributed by atoms with Crippen LogP contribution >= 0.6 is 0 Å². The first kappa shape index (κ1) is 12.5. The van der Waals surface area contributed by atoms with Crippen LogP contribution < -0.4 is 4.72 Å². The van der Waals surface area contributed by atoms with Crippen LogP contribution in [0.2, 0.25) is 0 Å². The highest BCUT2D eigenvalue weighted by Crippen LogP contribution is 2.16. The molecular weight excluding hydrogens is 252 g/mol. The maximum atomic E-state index is 12.1. The van der Waals surface area contributed by atoms with Crippen LogP contribution in [0.4, 0.5) is 5.69 Å². The van der Waals surface area contributed by atoms with E-state index < -0.39 is 10.0 Å². The van der Waals surface area contributed by atoms with Crippen molar-refractivity contribution in [3.63, 3.8) is 0 Å². The molecule has 1 aromatic carbocycles. The van der Waals surface area contributed by atoms with Gasteiger partial charge in [-0.25, -0.2) is 8.42 Å². The molecule has 0 unspecified atom stereocenters. The average molecular weight is 264 g/mol. The molecule has 0 amide bonds. The molecule has 2 rings (SSSR count). The van der Waals surface area contributed by atoms with Crippen molar-refractivity contribution in [2.45, 2.75) is 11.5 Å². The third kappa shape index (κ3) is 2.85. The van der Waals surface area contributed by atoms with E-state index in [1.165, 1.54) is 24.5 Å². The van der Waals surface area contributed by atoms with E-state index in [4.69, 9.17) is 5.11 Å². The second-order valence-electron chi connectivity index (χ2n) is 3.65. The van der Waals surface area contributed by atoms with Crippen LogP contribution in [-0.4, -0.2) is 18.5 Å². The molecule has 0 atom stereocenters. The van der Waals surface area contributed by atoms with Crippen LogP contribution in [0.3, 0.4) is 0 Å². The van der Waals surface area contributed by atoms with Crippen molar-refractivity contribution < 1.29 is 13.5 Å². The number of hydrogen-bond acceptors (Lipinski definition) is 4. The summed E-state index contributed by atoms with van der Waals surface area (Å²) in [6, 6.07) is 9.28. The molecule has 0 aliphatic rings. The highest BCUT2D eigenvalue weighted by molar-refractivity contribution is 7.92. The van der Waals surface area contributed by atoms with E-state index in [1.807, 2.05) is 0 Å². The van der Waals surface area contributed by atoms with Gasteiger partial charge in [0.2, 0.25) is 0 Å². The summed E-state index contributed by atoms with van der Waals surface area (Å²) in [5.74, 6) is 0. The number of hydrogen-bond donors (Lipinski definition) is 2. The van der Waals surface area contributed by atoms with Gasteiger partial charge in [0.15, 0.2) is 0 Å². The number of nitrogens with zero attached hydrogens (tertiary/aromatic N) is 1. The molecule has 94 valence electrons. The Morgan fingerprint density at radius 1 is 1.17 bits per heavy atom. The minimum atomic E-state index is -3.63. The van der Waals surface area contributed by atoms with Gasteiger partial charge >= 0.3 is 0 Å². The molecule has 0 bridgehead atoms. The standard InChI is InChI=1S/C12H12N2O3S/c15-9-10-2-1-3-12(8-10)18(16,17)14-11-4-6-13-7-5-11/h1-8,15H,9H2,(H,13,14). The summed E-state index contributed by atoms with van der Waals surface area (Å²) < 4.78 is 26.5. The molecule has 0 spiro atoms. The van der Waals surface area contributed by atoms with E-state index in [2.05, 4.69) is 9.71 Å². The Bertz CT molecular complexity index is 627. The molecule has 6 heteroatoms. The minimum absolute atomic E-state index is 0.117. The van der Waals surface area contributed by atoms with Crippen molar-refractivity contribution in [3.8, 4) is 0 Å². The van der Waals surface area contributed by atoms with Gasteiger partial charge in [0.25, 0.3) is 10.0 Å². The molecule has 5 nitrogen and oxygen atoms in total. The lowest BCUT2D eigenvalue weighted by Gasteiger charge is -2.08. The van der Waals surface area contributed by atoms with Gasteiger partial charge in [-0.15, -0.1) is 0 Å². The summed E-state index contributed by atoms with van der Waals surface area (Å²) in [5, 5.41) is 8.99. The average Bonchev–Trinajstić information content (AvgIpc) is 2.39. The topological polar surface area (TPSA) is 79.3 Å². The Kier molecular flexibility index (Phi) is 3.59. The van der Waals surface area contributed by atoms with Crippen molar-refractivity contribution in [3.05, 3.63) is 54.4 Å². The monoisotopic (exact) mass is 264 g/mol. The minimum Gasteiger partial charge on any atom is -0.392 e. The molecule has 0 saturated heterocycles. The van der Waals surface area contributed by atoms with Gasteiger partial charge in [-0.2, -0.15) is 0 Å². The smallest absolute Gasteiger partial charge is 0.261 e. The van der Waals surface area contributed by atoms with Crippen LogP contribution in [0.25, 0.3) is 0 Å². The third-order valence-electron chi connectivity index (χ3n) is 2.32. The third-order valence-corrected chi connectivity index (χ3v) is 3.70. The molecule has 18 heavy (non-hydrogen) atoms.